The van der Waals surface area contributed by atoms with Crippen molar-refractivity contribution >= 4 is 39.4 Å². The number of aromatic nitrogens is 2. The Balaban J connectivity index is 0.000000633. The van der Waals surface area contributed by atoms with Gasteiger partial charge in [-0.1, -0.05) is 21.6 Å². The summed E-state index contributed by atoms with van der Waals surface area (Å²) in [5.74, 6) is -2.96. The number of nitrogens with zero attached hydrogens (tertiary/aromatic N) is 2. The molecular weight excluding hydrogens is 478 g/mol. The summed E-state index contributed by atoms with van der Waals surface area (Å²) in [5, 5.41) is 22.7. The number of benzene rings is 1. The van der Waals surface area contributed by atoms with E-state index in [1.165, 1.54) is 33.7 Å². The van der Waals surface area contributed by atoms with Gasteiger partial charge in [0.15, 0.2) is 5.69 Å². The van der Waals surface area contributed by atoms with E-state index < -0.39 is 18.1 Å². The Hall–Kier alpha value is -2.74. The summed E-state index contributed by atoms with van der Waals surface area (Å²) in [5.41, 5.74) is 1.73. The quantitative estimate of drug-likeness (QED) is 0.273. The molecule has 14 heteroatoms. The van der Waals surface area contributed by atoms with Gasteiger partial charge in [-0.15, -0.1) is 0 Å². The number of carbonyl (C=O) groups excluding carboxylic acids is 1. The van der Waals surface area contributed by atoms with Crippen molar-refractivity contribution in [3.8, 4) is 5.69 Å². The van der Waals surface area contributed by atoms with Gasteiger partial charge in [0.25, 0.3) is 5.91 Å². The molecule has 3 N–H and O–H groups in total. The molecule has 0 fully saturated rings. The molecule has 0 atom stereocenters. The number of carboxylic acids is 2. The van der Waals surface area contributed by atoms with Crippen LogP contribution >= 0.6 is 21.6 Å². The van der Waals surface area contributed by atoms with E-state index in [0.717, 1.165) is 5.56 Å². The molecule has 1 heterocycles. The van der Waals surface area contributed by atoms with Crippen LogP contribution in [-0.4, -0.2) is 62.1 Å². The summed E-state index contributed by atoms with van der Waals surface area (Å²) >= 11 is 0. The SMILES string of the molecule is Cc1cn(-c2ccc(F)cc2)nc1C(=O)NCCSSCCC(=O)O.O=C(O)C(F)(F)F. The number of hydrogen-bond acceptors (Lipinski definition) is 6. The highest BCUT2D eigenvalue weighted by molar-refractivity contribution is 8.76. The number of rotatable bonds is 9. The topological polar surface area (TPSA) is 122 Å². The van der Waals surface area contributed by atoms with Gasteiger partial charge in [-0.05, 0) is 31.2 Å². The molecule has 8 nitrogen and oxygen atoms in total. The maximum absolute atomic E-state index is 13.0. The van der Waals surface area contributed by atoms with Crippen molar-refractivity contribution in [2.75, 3.05) is 18.1 Å². The van der Waals surface area contributed by atoms with E-state index in [1.54, 1.807) is 29.9 Å². The molecule has 2 rings (SSSR count). The van der Waals surface area contributed by atoms with Gasteiger partial charge in [0.05, 0.1) is 12.1 Å². The number of nitrogens with one attached hydrogen (secondary N) is 1. The smallest absolute Gasteiger partial charge is 0.481 e. The molecular formula is C18H19F4N3O5S2. The number of alkyl halides is 3. The first kappa shape index (κ1) is 27.3. The van der Waals surface area contributed by atoms with Crippen LogP contribution in [0, 0.1) is 12.7 Å². The summed E-state index contributed by atoms with van der Waals surface area (Å²) in [6, 6.07) is 5.86. The number of carboxylic acid groups (broad SMARTS) is 2. The fourth-order valence-electron chi connectivity index (χ4n) is 1.95. The Labute approximate surface area is 187 Å². The lowest BCUT2D eigenvalue weighted by Crippen LogP contribution is -2.26. The third-order valence-electron chi connectivity index (χ3n) is 3.40. The van der Waals surface area contributed by atoms with Gasteiger partial charge < -0.3 is 15.5 Å². The van der Waals surface area contributed by atoms with E-state index in [2.05, 4.69) is 10.4 Å². The van der Waals surface area contributed by atoms with Crippen LogP contribution in [0.25, 0.3) is 5.69 Å². The molecule has 32 heavy (non-hydrogen) atoms. The van der Waals surface area contributed by atoms with Crippen molar-refractivity contribution in [1.82, 2.24) is 15.1 Å². The Kier molecular flexibility index (Phi) is 11.1. The average Bonchev–Trinajstić information content (AvgIpc) is 3.09. The second-order valence-electron chi connectivity index (χ2n) is 5.93. The summed E-state index contributed by atoms with van der Waals surface area (Å²) in [6.45, 7) is 2.25. The monoisotopic (exact) mass is 497 g/mol. The third kappa shape index (κ3) is 10.0. The van der Waals surface area contributed by atoms with Crippen LogP contribution in [0.5, 0.6) is 0 Å². The molecule has 0 aliphatic rings. The number of aliphatic carboxylic acids is 2. The van der Waals surface area contributed by atoms with Crippen molar-refractivity contribution in [2.24, 2.45) is 0 Å². The van der Waals surface area contributed by atoms with E-state index in [9.17, 15) is 27.2 Å². The van der Waals surface area contributed by atoms with E-state index >= 15 is 0 Å². The van der Waals surface area contributed by atoms with Crippen LogP contribution in [0.4, 0.5) is 17.6 Å². The first-order chi connectivity index (χ1) is 14.9. The minimum atomic E-state index is -5.08. The minimum absolute atomic E-state index is 0.129. The van der Waals surface area contributed by atoms with Gasteiger partial charge in [-0.25, -0.2) is 13.9 Å². The lowest BCUT2D eigenvalue weighted by Gasteiger charge is -2.04. The molecule has 0 saturated heterocycles. The minimum Gasteiger partial charge on any atom is -0.481 e. The zero-order valence-corrected chi connectivity index (χ0v) is 18.2. The fourth-order valence-corrected chi connectivity index (χ4v) is 3.83. The first-order valence-corrected chi connectivity index (χ1v) is 11.3. The molecule has 2 aromatic rings. The molecule has 0 aliphatic heterocycles. The Morgan fingerprint density at radius 2 is 1.66 bits per heavy atom. The zero-order chi connectivity index (χ0) is 24.3. The predicted octanol–water partition coefficient (Wildman–Crippen LogP) is 3.54. The van der Waals surface area contributed by atoms with Crippen molar-refractivity contribution in [1.29, 1.82) is 0 Å². The van der Waals surface area contributed by atoms with Crippen molar-refractivity contribution in [3.05, 3.63) is 47.5 Å². The lowest BCUT2D eigenvalue weighted by molar-refractivity contribution is -0.192. The summed E-state index contributed by atoms with van der Waals surface area (Å²) in [7, 11) is 2.99. The standard InChI is InChI=1S/C16H18FN3O3S2.C2HF3O2/c1-11-10-20(13-4-2-12(17)3-5-13)19-15(11)16(23)18-7-9-25-24-8-6-14(21)22;3-2(4,5)1(6)7/h2-5,10H,6-9H2,1H3,(H,18,23)(H,21,22);(H,6,7). The molecule has 1 aromatic heterocycles. The third-order valence-corrected chi connectivity index (χ3v) is 5.81. The molecule has 0 radical (unpaired) electrons. The maximum Gasteiger partial charge on any atom is 0.490 e. The van der Waals surface area contributed by atoms with Crippen LogP contribution in [0.1, 0.15) is 22.5 Å². The highest BCUT2D eigenvalue weighted by Gasteiger charge is 2.38. The van der Waals surface area contributed by atoms with Gasteiger partial charge in [-0.2, -0.15) is 18.3 Å². The van der Waals surface area contributed by atoms with Crippen LogP contribution in [-0.2, 0) is 9.59 Å². The largest absolute Gasteiger partial charge is 0.490 e. The highest BCUT2D eigenvalue weighted by Crippen LogP contribution is 2.21. The first-order valence-electron chi connectivity index (χ1n) is 8.78. The Bertz CT molecular complexity index is 920. The van der Waals surface area contributed by atoms with Gasteiger partial charge in [-0.3, -0.25) is 9.59 Å². The van der Waals surface area contributed by atoms with Crippen LogP contribution in [0.15, 0.2) is 30.5 Å². The molecule has 176 valence electrons. The number of hydrogen-bond donors (Lipinski definition) is 3. The maximum atomic E-state index is 13.0. The molecule has 0 spiro atoms. The molecule has 0 unspecified atom stereocenters. The van der Waals surface area contributed by atoms with Gasteiger partial charge in [0.2, 0.25) is 0 Å². The van der Waals surface area contributed by atoms with E-state index in [-0.39, 0.29) is 18.1 Å². The summed E-state index contributed by atoms with van der Waals surface area (Å²) in [6.07, 6.45) is -3.23. The normalized spacial score (nSPS) is 10.8. The van der Waals surface area contributed by atoms with Crippen molar-refractivity contribution in [2.45, 2.75) is 19.5 Å². The number of aryl methyl sites for hydroxylation is 1. The number of amides is 1. The molecule has 0 aliphatic carbocycles. The van der Waals surface area contributed by atoms with E-state index in [0.29, 0.717) is 29.4 Å². The van der Waals surface area contributed by atoms with E-state index in [4.69, 9.17) is 15.0 Å². The summed E-state index contributed by atoms with van der Waals surface area (Å²) < 4.78 is 46.3. The fraction of sp³-hybridized carbons (Fsp3) is 0.333. The van der Waals surface area contributed by atoms with Gasteiger partial charge >= 0.3 is 18.1 Å². The molecule has 1 amide bonds. The van der Waals surface area contributed by atoms with Gasteiger partial charge in [0, 0.05) is 29.8 Å². The molecule has 0 saturated carbocycles. The van der Waals surface area contributed by atoms with Crippen molar-refractivity contribution < 1.29 is 42.2 Å². The van der Waals surface area contributed by atoms with Crippen LogP contribution < -0.4 is 5.32 Å². The van der Waals surface area contributed by atoms with Crippen LogP contribution in [0.2, 0.25) is 0 Å². The highest BCUT2D eigenvalue weighted by atomic mass is 33.1. The Morgan fingerprint density at radius 1 is 1.09 bits per heavy atom. The second kappa shape index (κ2) is 13.0. The van der Waals surface area contributed by atoms with Crippen LogP contribution in [0.3, 0.4) is 0 Å². The van der Waals surface area contributed by atoms with E-state index in [1.807, 2.05) is 0 Å². The van der Waals surface area contributed by atoms with Gasteiger partial charge in [0.1, 0.15) is 5.82 Å². The van der Waals surface area contributed by atoms with Crippen molar-refractivity contribution in [3.63, 3.8) is 0 Å². The average molecular weight is 497 g/mol. The second-order valence-corrected chi connectivity index (χ2v) is 8.63. The summed E-state index contributed by atoms with van der Waals surface area (Å²) in [4.78, 5) is 31.5. The zero-order valence-electron chi connectivity index (χ0n) is 16.6. The Morgan fingerprint density at radius 3 is 2.19 bits per heavy atom. The molecule has 0 bridgehead atoms. The lowest BCUT2D eigenvalue weighted by atomic mass is 10.2. The number of halogens is 4. The predicted molar refractivity (Wildman–Crippen MR) is 111 cm³/mol. The number of carbonyl (C=O) groups is 3. The molecule has 1 aromatic carbocycles.